The highest BCUT2D eigenvalue weighted by Crippen LogP contribution is 2.39. The molecule has 4 rings (SSSR count). The molecule has 0 aliphatic rings. The second-order valence-corrected chi connectivity index (χ2v) is 8.12. The van der Waals surface area contributed by atoms with Crippen LogP contribution in [0.1, 0.15) is 28.5 Å². The molecule has 0 unspecified atom stereocenters. The lowest BCUT2D eigenvalue weighted by molar-refractivity contribution is 0.0697. The minimum absolute atomic E-state index is 0.0904. The van der Waals surface area contributed by atoms with Gasteiger partial charge in [0.25, 0.3) is 0 Å². The zero-order chi connectivity index (χ0) is 23.5. The van der Waals surface area contributed by atoms with E-state index in [1.807, 2.05) is 48.2 Å². The standard InChI is InChI=1S/C24H24N4O4S/c1-5-17-21(23-26-20(32-4)13-33-23)22(28(27-17)19-9-7-6-8-14(19)2)25-18-11-10-15(31-3)12-16(18)24(29)30/h6-13,25H,5H2,1-4H3,(H,29,30). The average Bonchev–Trinajstić information content (AvgIpc) is 3.43. The molecule has 0 saturated carbocycles. The van der Waals surface area contributed by atoms with Gasteiger partial charge in [-0.25, -0.2) is 14.5 Å². The van der Waals surface area contributed by atoms with Crippen molar-refractivity contribution in [2.24, 2.45) is 0 Å². The Bertz CT molecular complexity index is 1310. The molecule has 0 saturated heterocycles. The first-order valence-corrected chi connectivity index (χ1v) is 11.2. The maximum Gasteiger partial charge on any atom is 0.337 e. The SMILES string of the molecule is CCc1nn(-c2ccccc2C)c(Nc2ccc(OC)cc2C(=O)O)c1-c1nc(OC)cs1. The topological polar surface area (TPSA) is 98.5 Å². The molecule has 0 fully saturated rings. The predicted molar refractivity (Wildman–Crippen MR) is 129 cm³/mol. The van der Waals surface area contributed by atoms with Gasteiger partial charge in [-0.3, -0.25) is 0 Å². The average molecular weight is 465 g/mol. The number of ether oxygens (including phenoxy) is 2. The third-order valence-corrected chi connectivity index (χ3v) is 6.09. The molecule has 0 spiro atoms. The summed E-state index contributed by atoms with van der Waals surface area (Å²) >= 11 is 1.45. The van der Waals surface area contributed by atoms with Crippen LogP contribution in [0.2, 0.25) is 0 Å². The highest BCUT2D eigenvalue weighted by Gasteiger charge is 2.24. The van der Waals surface area contributed by atoms with Crippen molar-refractivity contribution in [3.05, 3.63) is 64.7 Å². The molecular weight excluding hydrogens is 440 g/mol. The Balaban J connectivity index is 1.96. The number of methoxy groups -OCH3 is 2. The van der Waals surface area contributed by atoms with Crippen LogP contribution >= 0.6 is 11.3 Å². The minimum atomic E-state index is -1.06. The fourth-order valence-electron chi connectivity index (χ4n) is 3.56. The number of benzene rings is 2. The molecule has 9 heteroatoms. The molecule has 0 amide bonds. The number of anilines is 2. The first-order valence-electron chi connectivity index (χ1n) is 10.3. The number of carbonyl (C=O) groups is 1. The normalized spacial score (nSPS) is 10.8. The zero-order valence-electron chi connectivity index (χ0n) is 18.7. The van der Waals surface area contributed by atoms with Gasteiger partial charge in [0.2, 0.25) is 5.88 Å². The lowest BCUT2D eigenvalue weighted by atomic mass is 10.1. The van der Waals surface area contributed by atoms with Crippen LogP contribution in [0.15, 0.2) is 47.8 Å². The lowest BCUT2D eigenvalue weighted by Crippen LogP contribution is -2.08. The molecule has 0 bridgehead atoms. The summed E-state index contributed by atoms with van der Waals surface area (Å²) in [5.41, 5.74) is 4.07. The van der Waals surface area contributed by atoms with E-state index in [4.69, 9.17) is 14.6 Å². The largest absolute Gasteiger partial charge is 0.497 e. The molecule has 2 aromatic heterocycles. The summed E-state index contributed by atoms with van der Waals surface area (Å²) in [5, 5.41) is 20.6. The van der Waals surface area contributed by atoms with Crippen LogP contribution in [0.5, 0.6) is 11.6 Å². The summed E-state index contributed by atoms with van der Waals surface area (Å²) in [4.78, 5) is 16.6. The highest BCUT2D eigenvalue weighted by atomic mass is 32.1. The van der Waals surface area contributed by atoms with Gasteiger partial charge in [-0.15, -0.1) is 11.3 Å². The second-order valence-electron chi connectivity index (χ2n) is 7.26. The van der Waals surface area contributed by atoms with Gasteiger partial charge >= 0.3 is 5.97 Å². The minimum Gasteiger partial charge on any atom is -0.497 e. The number of nitrogens with one attached hydrogen (secondary N) is 1. The molecule has 0 radical (unpaired) electrons. The number of aromatic nitrogens is 3. The number of aryl methyl sites for hydroxylation is 2. The number of rotatable bonds is 8. The molecule has 2 N–H and O–H groups in total. The fraction of sp³-hybridized carbons (Fsp3) is 0.208. The van der Waals surface area contributed by atoms with Crippen molar-refractivity contribution in [2.75, 3.05) is 19.5 Å². The van der Waals surface area contributed by atoms with Crippen molar-refractivity contribution >= 4 is 28.8 Å². The van der Waals surface area contributed by atoms with Gasteiger partial charge in [-0.2, -0.15) is 5.10 Å². The predicted octanol–water partition coefficient (Wildman–Crippen LogP) is 5.33. The van der Waals surface area contributed by atoms with E-state index in [0.717, 1.165) is 27.5 Å². The van der Waals surface area contributed by atoms with Crippen LogP contribution in [0.3, 0.4) is 0 Å². The Kier molecular flexibility index (Phi) is 6.32. The molecular formula is C24H24N4O4S. The number of para-hydroxylation sites is 1. The molecule has 4 aromatic rings. The maximum absolute atomic E-state index is 12.0. The molecule has 0 aliphatic heterocycles. The molecule has 2 heterocycles. The van der Waals surface area contributed by atoms with E-state index in [0.29, 0.717) is 29.6 Å². The third-order valence-electron chi connectivity index (χ3n) is 5.25. The zero-order valence-corrected chi connectivity index (χ0v) is 19.6. The van der Waals surface area contributed by atoms with Gasteiger partial charge in [0.15, 0.2) is 0 Å². The molecule has 2 aromatic carbocycles. The van der Waals surface area contributed by atoms with Crippen LogP contribution in [0.25, 0.3) is 16.3 Å². The van der Waals surface area contributed by atoms with Crippen LogP contribution in [0, 0.1) is 6.92 Å². The molecule has 170 valence electrons. The van der Waals surface area contributed by atoms with E-state index in [-0.39, 0.29) is 5.56 Å². The first kappa shape index (κ1) is 22.3. The van der Waals surface area contributed by atoms with Crippen molar-refractivity contribution in [1.82, 2.24) is 14.8 Å². The number of aromatic carboxylic acids is 1. The molecule has 8 nitrogen and oxygen atoms in total. The Hall–Kier alpha value is -3.85. The summed E-state index contributed by atoms with van der Waals surface area (Å²) in [6, 6.07) is 12.8. The number of carboxylic acid groups (broad SMARTS) is 1. The third kappa shape index (κ3) is 4.27. The maximum atomic E-state index is 12.0. The van der Waals surface area contributed by atoms with Crippen molar-refractivity contribution in [2.45, 2.75) is 20.3 Å². The fourth-order valence-corrected chi connectivity index (χ4v) is 4.39. The Morgan fingerprint density at radius 3 is 2.61 bits per heavy atom. The van der Waals surface area contributed by atoms with Crippen LogP contribution in [-0.4, -0.2) is 40.1 Å². The molecule has 0 aliphatic carbocycles. The quantitative estimate of drug-likeness (QED) is 0.364. The monoisotopic (exact) mass is 464 g/mol. The van der Waals surface area contributed by atoms with Crippen molar-refractivity contribution in [3.8, 4) is 27.9 Å². The molecule has 0 atom stereocenters. The van der Waals surface area contributed by atoms with Gasteiger partial charge in [0.05, 0.1) is 47.8 Å². The van der Waals surface area contributed by atoms with E-state index >= 15 is 0 Å². The summed E-state index contributed by atoms with van der Waals surface area (Å²) in [6.45, 7) is 4.03. The lowest BCUT2D eigenvalue weighted by Gasteiger charge is -2.15. The van der Waals surface area contributed by atoms with Crippen LogP contribution in [0.4, 0.5) is 11.5 Å². The van der Waals surface area contributed by atoms with E-state index in [1.165, 1.54) is 24.5 Å². The Labute approximate surface area is 195 Å². The van der Waals surface area contributed by atoms with Gasteiger partial charge in [-0.05, 0) is 43.2 Å². The summed E-state index contributed by atoms with van der Waals surface area (Å²) < 4.78 is 12.3. The van der Waals surface area contributed by atoms with E-state index < -0.39 is 5.97 Å². The van der Waals surface area contributed by atoms with Crippen LogP contribution < -0.4 is 14.8 Å². The highest BCUT2D eigenvalue weighted by molar-refractivity contribution is 7.13. The van der Waals surface area contributed by atoms with Gasteiger partial charge in [-0.1, -0.05) is 25.1 Å². The van der Waals surface area contributed by atoms with Crippen molar-refractivity contribution < 1.29 is 19.4 Å². The van der Waals surface area contributed by atoms with Crippen molar-refractivity contribution in [3.63, 3.8) is 0 Å². The summed E-state index contributed by atoms with van der Waals surface area (Å²) in [6.07, 6.45) is 0.666. The second kappa shape index (κ2) is 9.33. The Morgan fingerprint density at radius 1 is 1.18 bits per heavy atom. The van der Waals surface area contributed by atoms with Gasteiger partial charge < -0.3 is 19.9 Å². The first-order chi connectivity index (χ1) is 16.0. The Morgan fingerprint density at radius 2 is 1.97 bits per heavy atom. The number of thiazole rings is 1. The molecule has 33 heavy (non-hydrogen) atoms. The van der Waals surface area contributed by atoms with Gasteiger partial charge in [0.1, 0.15) is 16.6 Å². The van der Waals surface area contributed by atoms with Gasteiger partial charge in [0, 0.05) is 0 Å². The number of hydrogen-bond donors (Lipinski definition) is 2. The number of hydrogen-bond acceptors (Lipinski definition) is 7. The van der Waals surface area contributed by atoms with E-state index in [9.17, 15) is 9.90 Å². The smallest absolute Gasteiger partial charge is 0.337 e. The number of carboxylic acids is 1. The summed E-state index contributed by atoms with van der Waals surface area (Å²) in [7, 11) is 3.08. The van der Waals surface area contributed by atoms with E-state index in [1.54, 1.807) is 19.2 Å². The summed E-state index contributed by atoms with van der Waals surface area (Å²) in [5.74, 6) is 0.546. The van der Waals surface area contributed by atoms with E-state index in [2.05, 4.69) is 10.3 Å². The van der Waals surface area contributed by atoms with Crippen molar-refractivity contribution in [1.29, 1.82) is 0 Å². The number of nitrogens with zero attached hydrogens (tertiary/aromatic N) is 3. The van der Waals surface area contributed by atoms with Crippen LogP contribution in [-0.2, 0) is 6.42 Å².